The van der Waals surface area contributed by atoms with Crippen LogP contribution in [0.1, 0.15) is 18.1 Å². The highest BCUT2D eigenvalue weighted by atomic mass is 16.5. The number of hydrogen-bond acceptors (Lipinski definition) is 4. The number of primary amides is 1. The number of nitrogens with zero attached hydrogens (tertiary/aromatic N) is 1. The van der Waals surface area contributed by atoms with E-state index in [0.29, 0.717) is 17.0 Å². The molecule has 5 nitrogen and oxygen atoms in total. The second-order valence-corrected chi connectivity index (χ2v) is 3.44. The summed E-state index contributed by atoms with van der Waals surface area (Å²) in [6.45, 7) is 3.35. The van der Waals surface area contributed by atoms with Gasteiger partial charge in [-0.25, -0.2) is 0 Å². The standard InChI is InChI=1S/C11H14N2O3/c1-7-3-4-10(16-6-11(12)14)9(5-7)8(2)13-15/h3-5,15H,6H2,1-2H3,(H2,12,14)/b13-8+. The van der Waals surface area contributed by atoms with Gasteiger partial charge in [-0.2, -0.15) is 0 Å². The van der Waals surface area contributed by atoms with Crippen LogP contribution in [0, 0.1) is 6.92 Å². The van der Waals surface area contributed by atoms with Gasteiger partial charge in [0, 0.05) is 5.56 Å². The first-order valence-corrected chi connectivity index (χ1v) is 4.75. The Labute approximate surface area is 93.5 Å². The van der Waals surface area contributed by atoms with Crippen molar-refractivity contribution in [3.05, 3.63) is 29.3 Å². The van der Waals surface area contributed by atoms with Crippen LogP contribution in [-0.2, 0) is 4.79 Å². The number of oxime groups is 1. The third-order valence-electron chi connectivity index (χ3n) is 2.04. The quantitative estimate of drug-likeness (QED) is 0.453. The topological polar surface area (TPSA) is 84.9 Å². The minimum atomic E-state index is -0.551. The van der Waals surface area contributed by atoms with E-state index in [1.54, 1.807) is 13.0 Å². The minimum Gasteiger partial charge on any atom is -0.483 e. The molecule has 0 aromatic heterocycles. The second-order valence-electron chi connectivity index (χ2n) is 3.44. The van der Waals surface area contributed by atoms with Gasteiger partial charge >= 0.3 is 0 Å². The van der Waals surface area contributed by atoms with Crippen molar-refractivity contribution < 1.29 is 14.7 Å². The van der Waals surface area contributed by atoms with Gasteiger partial charge in [0.2, 0.25) is 0 Å². The van der Waals surface area contributed by atoms with Crippen LogP contribution in [0.4, 0.5) is 0 Å². The predicted molar refractivity (Wildman–Crippen MR) is 59.9 cm³/mol. The van der Waals surface area contributed by atoms with Gasteiger partial charge in [-0.05, 0) is 26.0 Å². The molecule has 0 heterocycles. The molecule has 1 aromatic rings. The van der Waals surface area contributed by atoms with E-state index in [9.17, 15) is 4.79 Å². The van der Waals surface area contributed by atoms with E-state index < -0.39 is 5.91 Å². The Kier molecular flexibility index (Phi) is 3.88. The van der Waals surface area contributed by atoms with Crippen LogP contribution < -0.4 is 10.5 Å². The largest absolute Gasteiger partial charge is 0.483 e. The number of carbonyl (C=O) groups excluding carboxylic acids is 1. The van der Waals surface area contributed by atoms with Gasteiger partial charge in [0.1, 0.15) is 5.75 Å². The number of amides is 1. The predicted octanol–water partition coefficient (Wildman–Crippen LogP) is 1.06. The van der Waals surface area contributed by atoms with E-state index in [0.717, 1.165) is 5.56 Å². The van der Waals surface area contributed by atoms with Crippen molar-refractivity contribution in [1.82, 2.24) is 0 Å². The fraction of sp³-hybridized carbons (Fsp3) is 0.273. The summed E-state index contributed by atoms with van der Waals surface area (Å²) in [5.41, 5.74) is 7.05. The first-order chi connectivity index (χ1) is 7.54. The normalized spacial score (nSPS) is 11.2. The van der Waals surface area contributed by atoms with Crippen LogP contribution in [0.3, 0.4) is 0 Å². The summed E-state index contributed by atoms with van der Waals surface area (Å²) in [6, 6.07) is 5.36. The fourth-order valence-corrected chi connectivity index (χ4v) is 1.26. The van der Waals surface area contributed by atoms with Crippen LogP contribution in [0.2, 0.25) is 0 Å². The number of aryl methyl sites for hydroxylation is 1. The van der Waals surface area contributed by atoms with Crippen LogP contribution in [0.25, 0.3) is 0 Å². The molecule has 86 valence electrons. The molecule has 0 radical (unpaired) electrons. The lowest BCUT2D eigenvalue weighted by molar-refractivity contribution is -0.119. The zero-order chi connectivity index (χ0) is 12.1. The molecule has 0 aliphatic carbocycles. The maximum absolute atomic E-state index is 10.6. The van der Waals surface area contributed by atoms with E-state index in [-0.39, 0.29) is 6.61 Å². The van der Waals surface area contributed by atoms with Gasteiger partial charge in [-0.1, -0.05) is 16.8 Å². The molecule has 0 saturated heterocycles. The number of carbonyl (C=O) groups is 1. The lowest BCUT2D eigenvalue weighted by atomic mass is 10.1. The summed E-state index contributed by atoms with van der Waals surface area (Å²) in [5.74, 6) is -0.0789. The third kappa shape index (κ3) is 2.98. The maximum atomic E-state index is 10.6. The monoisotopic (exact) mass is 222 g/mol. The molecule has 0 aliphatic rings. The smallest absolute Gasteiger partial charge is 0.255 e. The van der Waals surface area contributed by atoms with E-state index in [4.69, 9.17) is 15.7 Å². The average molecular weight is 222 g/mol. The van der Waals surface area contributed by atoms with Gasteiger partial charge in [0.05, 0.1) is 5.71 Å². The van der Waals surface area contributed by atoms with E-state index >= 15 is 0 Å². The van der Waals surface area contributed by atoms with Crippen molar-refractivity contribution in [2.24, 2.45) is 10.9 Å². The number of rotatable bonds is 4. The lowest BCUT2D eigenvalue weighted by Gasteiger charge is -2.10. The molecule has 3 N–H and O–H groups in total. The van der Waals surface area contributed by atoms with E-state index in [1.807, 2.05) is 19.1 Å². The molecular formula is C11H14N2O3. The molecule has 0 aliphatic heterocycles. The molecular weight excluding hydrogens is 208 g/mol. The Morgan fingerprint density at radius 1 is 1.56 bits per heavy atom. The number of benzene rings is 1. The molecule has 1 amide bonds. The van der Waals surface area contributed by atoms with Crippen LogP contribution >= 0.6 is 0 Å². The first kappa shape index (κ1) is 12.0. The van der Waals surface area contributed by atoms with Gasteiger partial charge in [-0.15, -0.1) is 0 Å². The van der Waals surface area contributed by atoms with Crippen molar-refractivity contribution in [3.8, 4) is 5.75 Å². The van der Waals surface area contributed by atoms with Gasteiger partial charge < -0.3 is 15.7 Å². The van der Waals surface area contributed by atoms with E-state index in [2.05, 4.69) is 5.16 Å². The zero-order valence-corrected chi connectivity index (χ0v) is 9.23. The van der Waals surface area contributed by atoms with Crippen molar-refractivity contribution >= 4 is 11.6 Å². The second kappa shape index (κ2) is 5.16. The Balaban J connectivity index is 3.03. The summed E-state index contributed by atoms with van der Waals surface area (Å²) >= 11 is 0. The summed E-state index contributed by atoms with van der Waals surface area (Å²) in [7, 11) is 0. The van der Waals surface area contributed by atoms with Crippen LogP contribution in [-0.4, -0.2) is 23.4 Å². The molecule has 1 aromatic carbocycles. The van der Waals surface area contributed by atoms with Gasteiger partial charge in [-0.3, -0.25) is 4.79 Å². The molecule has 0 spiro atoms. The Hall–Kier alpha value is -2.04. The summed E-state index contributed by atoms with van der Waals surface area (Å²) in [4.78, 5) is 10.6. The van der Waals surface area contributed by atoms with Crippen molar-refractivity contribution in [3.63, 3.8) is 0 Å². The van der Waals surface area contributed by atoms with Crippen LogP contribution in [0.15, 0.2) is 23.4 Å². The van der Waals surface area contributed by atoms with Crippen LogP contribution in [0.5, 0.6) is 5.75 Å². The molecule has 0 saturated carbocycles. The molecule has 0 fully saturated rings. The maximum Gasteiger partial charge on any atom is 0.255 e. The fourth-order valence-electron chi connectivity index (χ4n) is 1.26. The lowest BCUT2D eigenvalue weighted by Crippen LogP contribution is -2.20. The molecule has 1 rings (SSSR count). The highest BCUT2D eigenvalue weighted by Gasteiger charge is 2.08. The SMILES string of the molecule is C/C(=N\O)c1cc(C)ccc1OCC(N)=O. The van der Waals surface area contributed by atoms with Gasteiger partial charge in [0.15, 0.2) is 6.61 Å². The highest BCUT2D eigenvalue weighted by Crippen LogP contribution is 2.20. The zero-order valence-electron chi connectivity index (χ0n) is 9.23. The summed E-state index contributed by atoms with van der Waals surface area (Å²) < 4.78 is 5.21. The molecule has 0 bridgehead atoms. The molecule has 16 heavy (non-hydrogen) atoms. The number of nitrogens with two attached hydrogens (primary N) is 1. The Morgan fingerprint density at radius 2 is 2.25 bits per heavy atom. The van der Waals surface area contributed by atoms with Crippen molar-refractivity contribution in [2.45, 2.75) is 13.8 Å². The van der Waals surface area contributed by atoms with Crippen molar-refractivity contribution in [2.75, 3.05) is 6.61 Å². The Morgan fingerprint density at radius 3 is 2.81 bits per heavy atom. The van der Waals surface area contributed by atoms with E-state index in [1.165, 1.54) is 0 Å². The minimum absolute atomic E-state index is 0.200. The first-order valence-electron chi connectivity index (χ1n) is 4.75. The average Bonchev–Trinajstić information content (AvgIpc) is 2.26. The van der Waals surface area contributed by atoms with Gasteiger partial charge in [0.25, 0.3) is 5.91 Å². The molecule has 0 unspecified atom stereocenters. The number of ether oxygens (including phenoxy) is 1. The molecule has 5 heteroatoms. The highest BCUT2D eigenvalue weighted by molar-refractivity contribution is 6.01. The summed E-state index contributed by atoms with van der Waals surface area (Å²) in [6.07, 6.45) is 0. The summed E-state index contributed by atoms with van der Waals surface area (Å²) in [5, 5.41) is 11.8. The number of hydrogen-bond donors (Lipinski definition) is 2. The Bertz CT molecular complexity index is 427. The third-order valence-corrected chi connectivity index (χ3v) is 2.04. The van der Waals surface area contributed by atoms with Crippen molar-refractivity contribution in [1.29, 1.82) is 0 Å². The molecule has 0 atom stereocenters.